The molecule has 3 nitrogen and oxygen atoms in total. The topological polar surface area (TPSA) is 37.8 Å². The van der Waals surface area contributed by atoms with Gasteiger partial charge in [-0.15, -0.1) is 11.3 Å². The molecule has 0 saturated carbocycles. The van der Waals surface area contributed by atoms with E-state index in [0.717, 1.165) is 16.0 Å². The lowest BCUT2D eigenvalue weighted by atomic mass is 10.0. The Morgan fingerprint density at radius 3 is 2.80 bits per heavy atom. The van der Waals surface area contributed by atoms with Crippen molar-refractivity contribution in [1.29, 1.82) is 0 Å². The highest BCUT2D eigenvalue weighted by Crippen LogP contribution is 2.29. The molecule has 102 valence electrons. The maximum Gasteiger partial charge on any atom is 0.225 e. The van der Waals surface area contributed by atoms with Crippen LogP contribution in [-0.4, -0.2) is 9.97 Å². The summed E-state index contributed by atoms with van der Waals surface area (Å²) in [5.41, 5.74) is 2.51. The molecule has 5 heteroatoms. The van der Waals surface area contributed by atoms with Crippen LogP contribution in [0.15, 0.2) is 35.7 Å². The standard InChI is InChI=1S/C15H14ClN3S/c1-9-5-3-4-6-11(9)10(2)17-13-12-7-8-20-14(12)19-15(16)18-13/h3-8,10H,1-2H3,(H,17,18,19). The lowest BCUT2D eigenvalue weighted by molar-refractivity contribution is 0.866. The van der Waals surface area contributed by atoms with Gasteiger partial charge in [0.05, 0.1) is 11.4 Å². The van der Waals surface area contributed by atoms with E-state index in [2.05, 4.69) is 41.3 Å². The Morgan fingerprint density at radius 2 is 2.00 bits per heavy atom. The minimum Gasteiger partial charge on any atom is -0.363 e. The third kappa shape index (κ3) is 2.49. The summed E-state index contributed by atoms with van der Waals surface area (Å²) in [5, 5.41) is 6.73. The van der Waals surface area contributed by atoms with Crippen molar-refractivity contribution < 1.29 is 0 Å². The van der Waals surface area contributed by atoms with Crippen molar-refractivity contribution >= 4 is 39.0 Å². The van der Waals surface area contributed by atoms with Gasteiger partial charge in [0.15, 0.2) is 0 Å². The third-order valence-corrected chi connectivity index (χ3v) is 4.28. The van der Waals surface area contributed by atoms with Crippen LogP contribution in [0, 0.1) is 6.92 Å². The molecule has 3 rings (SSSR count). The van der Waals surface area contributed by atoms with E-state index in [1.807, 2.05) is 23.6 Å². The normalized spacial score (nSPS) is 12.6. The molecule has 20 heavy (non-hydrogen) atoms. The number of thiophene rings is 1. The summed E-state index contributed by atoms with van der Waals surface area (Å²) in [6.07, 6.45) is 0. The second-order valence-electron chi connectivity index (χ2n) is 4.70. The molecule has 1 atom stereocenters. The van der Waals surface area contributed by atoms with Crippen LogP contribution in [0.5, 0.6) is 0 Å². The Bertz CT molecular complexity index is 754. The molecule has 1 N–H and O–H groups in total. The second-order valence-corrected chi connectivity index (χ2v) is 5.94. The van der Waals surface area contributed by atoms with Crippen LogP contribution in [0.4, 0.5) is 5.82 Å². The van der Waals surface area contributed by atoms with Crippen LogP contribution < -0.4 is 5.32 Å². The van der Waals surface area contributed by atoms with E-state index in [4.69, 9.17) is 11.6 Å². The zero-order chi connectivity index (χ0) is 14.1. The van der Waals surface area contributed by atoms with E-state index in [1.54, 1.807) is 11.3 Å². The molecule has 0 fully saturated rings. The van der Waals surface area contributed by atoms with Crippen molar-refractivity contribution in [2.24, 2.45) is 0 Å². The summed E-state index contributed by atoms with van der Waals surface area (Å²) >= 11 is 7.55. The molecule has 0 aliphatic carbocycles. The molecule has 0 aliphatic rings. The number of hydrogen-bond donors (Lipinski definition) is 1. The molecular weight excluding hydrogens is 290 g/mol. The fourth-order valence-electron chi connectivity index (χ4n) is 2.29. The van der Waals surface area contributed by atoms with Gasteiger partial charge >= 0.3 is 0 Å². The van der Waals surface area contributed by atoms with Gasteiger partial charge in [-0.2, -0.15) is 0 Å². The number of aryl methyl sites for hydroxylation is 1. The Balaban J connectivity index is 1.97. The van der Waals surface area contributed by atoms with Crippen molar-refractivity contribution in [3.63, 3.8) is 0 Å². The number of rotatable bonds is 3. The zero-order valence-corrected chi connectivity index (χ0v) is 12.8. The lowest BCUT2D eigenvalue weighted by Crippen LogP contribution is -2.09. The molecular formula is C15H14ClN3S. The van der Waals surface area contributed by atoms with Crippen molar-refractivity contribution in [2.75, 3.05) is 5.32 Å². The largest absolute Gasteiger partial charge is 0.363 e. The first kappa shape index (κ1) is 13.3. The Morgan fingerprint density at radius 1 is 1.20 bits per heavy atom. The molecule has 0 spiro atoms. The minimum absolute atomic E-state index is 0.158. The van der Waals surface area contributed by atoms with E-state index in [0.29, 0.717) is 0 Å². The SMILES string of the molecule is Cc1ccccc1C(C)Nc1nc(Cl)nc2sccc12. The van der Waals surface area contributed by atoms with E-state index in [-0.39, 0.29) is 11.3 Å². The Kier molecular flexibility index (Phi) is 3.59. The van der Waals surface area contributed by atoms with Gasteiger partial charge in [0.2, 0.25) is 5.28 Å². The maximum absolute atomic E-state index is 5.99. The lowest BCUT2D eigenvalue weighted by Gasteiger charge is -2.17. The zero-order valence-electron chi connectivity index (χ0n) is 11.2. The highest BCUT2D eigenvalue weighted by Gasteiger charge is 2.12. The maximum atomic E-state index is 5.99. The summed E-state index contributed by atoms with van der Waals surface area (Å²) in [6, 6.07) is 10.5. The highest BCUT2D eigenvalue weighted by atomic mass is 35.5. The summed E-state index contributed by atoms with van der Waals surface area (Å²) < 4.78 is 0. The molecule has 2 heterocycles. The summed E-state index contributed by atoms with van der Waals surface area (Å²) in [7, 11) is 0. The van der Waals surface area contributed by atoms with Crippen molar-refractivity contribution in [3.05, 3.63) is 52.1 Å². The van der Waals surface area contributed by atoms with Gasteiger partial charge in [-0.3, -0.25) is 0 Å². The number of nitrogens with zero attached hydrogens (tertiary/aromatic N) is 2. The van der Waals surface area contributed by atoms with Crippen LogP contribution in [0.3, 0.4) is 0 Å². The monoisotopic (exact) mass is 303 g/mol. The van der Waals surface area contributed by atoms with Crippen LogP contribution in [0.2, 0.25) is 5.28 Å². The quantitative estimate of drug-likeness (QED) is 0.704. The predicted molar refractivity (Wildman–Crippen MR) is 85.6 cm³/mol. The van der Waals surface area contributed by atoms with Gasteiger partial charge in [-0.25, -0.2) is 9.97 Å². The number of benzene rings is 1. The molecule has 0 saturated heterocycles. The summed E-state index contributed by atoms with van der Waals surface area (Å²) in [5.74, 6) is 0.789. The fraction of sp³-hybridized carbons (Fsp3) is 0.200. The third-order valence-electron chi connectivity index (χ3n) is 3.31. The van der Waals surface area contributed by atoms with Crippen molar-refractivity contribution in [3.8, 4) is 0 Å². The van der Waals surface area contributed by atoms with Crippen LogP contribution in [0.1, 0.15) is 24.1 Å². The molecule has 0 bridgehead atoms. The number of fused-ring (bicyclic) bond motifs is 1. The van der Waals surface area contributed by atoms with Gasteiger partial charge < -0.3 is 5.32 Å². The van der Waals surface area contributed by atoms with Gasteiger partial charge in [0.1, 0.15) is 10.6 Å². The van der Waals surface area contributed by atoms with Gasteiger partial charge in [0, 0.05) is 0 Å². The number of halogens is 1. The summed E-state index contributed by atoms with van der Waals surface area (Å²) in [6.45, 7) is 4.23. The number of nitrogens with one attached hydrogen (secondary N) is 1. The van der Waals surface area contributed by atoms with Gasteiger partial charge in [0.25, 0.3) is 0 Å². The van der Waals surface area contributed by atoms with Crippen molar-refractivity contribution in [1.82, 2.24) is 9.97 Å². The molecule has 0 amide bonds. The molecule has 0 radical (unpaired) electrons. The molecule has 1 unspecified atom stereocenters. The second kappa shape index (κ2) is 5.38. The van der Waals surface area contributed by atoms with Crippen LogP contribution >= 0.6 is 22.9 Å². The van der Waals surface area contributed by atoms with Gasteiger partial charge in [-0.05, 0) is 48.0 Å². The molecule has 2 aromatic heterocycles. The molecule has 3 aromatic rings. The average Bonchev–Trinajstić information content (AvgIpc) is 2.87. The first-order valence-electron chi connectivity index (χ1n) is 6.38. The number of hydrogen-bond acceptors (Lipinski definition) is 4. The van der Waals surface area contributed by atoms with E-state index < -0.39 is 0 Å². The first-order valence-corrected chi connectivity index (χ1v) is 7.63. The first-order chi connectivity index (χ1) is 9.65. The van der Waals surface area contributed by atoms with Crippen LogP contribution in [-0.2, 0) is 0 Å². The highest BCUT2D eigenvalue weighted by molar-refractivity contribution is 7.16. The van der Waals surface area contributed by atoms with Gasteiger partial charge in [-0.1, -0.05) is 24.3 Å². The Labute approximate surface area is 126 Å². The smallest absolute Gasteiger partial charge is 0.225 e. The number of aromatic nitrogens is 2. The van der Waals surface area contributed by atoms with E-state index in [1.165, 1.54) is 11.1 Å². The summed E-state index contributed by atoms with van der Waals surface area (Å²) in [4.78, 5) is 9.45. The number of anilines is 1. The Hall–Kier alpha value is -1.65. The molecule has 0 aliphatic heterocycles. The average molecular weight is 304 g/mol. The van der Waals surface area contributed by atoms with Crippen molar-refractivity contribution in [2.45, 2.75) is 19.9 Å². The van der Waals surface area contributed by atoms with E-state index >= 15 is 0 Å². The predicted octanol–water partition coefficient (Wildman–Crippen LogP) is 4.83. The minimum atomic E-state index is 0.158. The van der Waals surface area contributed by atoms with Crippen LogP contribution in [0.25, 0.3) is 10.2 Å². The fourth-order valence-corrected chi connectivity index (χ4v) is 3.28. The molecule has 1 aromatic carbocycles. The van der Waals surface area contributed by atoms with E-state index in [9.17, 15) is 0 Å².